The van der Waals surface area contributed by atoms with Crippen molar-refractivity contribution in [2.24, 2.45) is 5.92 Å². The first kappa shape index (κ1) is 20.6. The molecule has 3 nitrogen and oxygen atoms in total. The first-order chi connectivity index (χ1) is 12.7. The van der Waals surface area contributed by atoms with E-state index >= 15 is 0 Å². The SMILES string of the molecule is CN1CC(CN(C)[C@]2(CCc3cccc(C(F)(F)F)c3)CCCN(C)C2)C1. The van der Waals surface area contributed by atoms with E-state index in [1.807, 2.05) is 6.07 Å². The summed E-state index contributed by atoms with van der Waals surface area (Å²) < 4.78 is 39.1. The predicted molar refractivity (Wildman–Crippen MR) is 103 cm³/mol. The Morgan fingerprint density at radius 3 is 2.56 bits per heavy atom. The van der Waals surface area contributed by atoms with Gasteiger partial charge in [0.15, 0.2) is 0 Å². The smallest absolute Gasteiger partial charge is 0.306 e. The molecule has 2 aliphatic heterocycles. The molecule has 2 aliphatic rings. The number of likely N-dealkylation sites (N-methyl/N-ethyl adjacent to an activating group) is 2. The second kappa shape index (κ2) is 8.10. The van der Waals surface area contributed by atoms with Gasteiger partial charge in [-0.05, 0) is 70.9 Å². The van der Waals surface area contributed by atoms with Crippen LogP contribution in [0.2, 0.25) is 0 Å². The third-order valence-electron chi connectivity index (χ3n) is 6.36. The molecule has 2 saturated heterocycles. The van der Waals surface area contributed by atoms with E-state index in [4.69, 9.17) is 0 Å². The zero-order chi connectivity index (χ0) is 19.7. The summed E-state index contributed by atoms with van der Waals surface area (Å²) in [6.07, 6.45) is -0.417. The fourth-order valence-electron chi connectivity index (χ4n) is 4.85. The normalized spacial score (nSPS) is 25.7. The molecule has 2 fully saturated rings. The van der Waals surface area contributed by atoms with E-state index < -0.39 is 11.7 Å². The molecule has 0 saturated carbocycles. The number of rotatable bonds is 6. The van der Waals surface area contributed by atoms with Gasteiger partial charge in [-0.1, -0.05) is 18.2 Å². The van der Waals surface area contributed by atoms with Gasteiger partial charge in [0.1, 0.15) is 0 Å². The van der Waals surface area contributed by atoms with Crippen molar-refractivity contribution in [1.29, 1.82) is 0 Å². The number of benzene rings is 1. The highest BCUT2D eigenvalue weighted by Crippen LogP contribution is 2.34. The van der Waals surface area contributed by atoms with Gasteiger partial charge < -0.3 is 9.80 Å². The van der Waals surface area contributed by atoms with Gasteiger partial charge in [0.25, 0.3) is 0 Å². The summed E-state index contributed by atoms with van der Waals surface area (Å²) in [4.78, 5) is 7.22. The van der Waals surface area contributed by atoms with Gasteiger partial charge in [0.05, 0.1) is 5.56 Å². The maximum absolute atomic E-state index is 13.0. The molecular formula is C21H32F3N3. The van der Waals surface area contributed by atoms with Crippen LogP contribution in [-0.2, 0) is 12.6 Å². The number of likely N-dealkylation sites (tertiary alicyclic amines) is 2. The number of nitrogens with zero attached hydrogens (tertiary/aromatic N) is 3. The van der Waals surface area contributed by atoms with E-state index in [0.29, 0.717) is 12.3 Å². The standard InChI is InChI=1S/C21H32F3N3/c1-25-11-5-9-20(16-25,27(3)15-18-13-26(2)14-18)10-8-17-6-4-7-19(12-17)21(22,23)24/h4,6-7,12,18H,5,8-11,13-16H2,1-3H3/t20-/m0/s1. The minimum absolute atomic E-state index is 0.0510. The molecule has 0 bridgehead atoms. The van der Waals surface area contributed by atoms with Crippen molar-refractivity contribution in [2.75, 3.05) is 53.9 Å². The van der Waals surface area contributed by atoms with E-state index in [2.05, 4.69) is 35.8 Å². The highest BCUT2D eigenvalue weighted by Gasteiger charge is 2.39. The summed E-state index contributed by atoms with van der Waals surface area (Å²) >= 11 is 0. The molecule has 0 N–H and O–H groups in total. The van der Waals surface area contributed by atoms with Crippen molar-refractivity contribution in [3.8, 4) is 0 Å². The van der Waals surface area contributed by atoms with Crippen molar-refractivity contribution < 1.29 is 13.2 Å². The Balaban J connectivity index is 1.70. The van der Waals surface area contributed by atoms with Crippen LogP contribution in [0, 0.1) is 5.92 Å². The molecule has 27 heavy (non-hydrogen) atoms. The maximum Gasteiger partial charge on any atom is 0.416 e. The first-order valence-corrected chi connectivity index (χ1v) is 9.92. The van der Waals surface area contributed by atoms with Gasteiger partial charge in [-0.25, -0.2) is 0 Å². The summed E-state index contributed by atoms with van der Waals surface area (Å²) in [7, 11) is 6.51. The van der Waals surface area contributed by atoms with Gasteiger partial charge >= 0.3 is 6.18 Å². The lowest BCUT2D eigenvalue weighted by Crippen LogP contribution is -2.60. The molecule has 152 valence electrons. The van der Waals surface area contributed by atoms with E-state index in [-0.39, 0.29) is 5.54 Å². The number of hydrogen-bond donors (Lipinski definition) is 0. The van der Waals surface area contributed by atoms with E-state index in [9.17, 15) is 13.2 Å². The van der Waals surface area contributed by atoms with Crippen LogP contribution in [0.5, 0.6) is 0 Å². The molecule has 3 rings (SSSR count). The van der Waals surface area contributed by atoms with Crippen LogP contribution in [-0.4, -0.2) is 74.1 Å². The van der Waals surface area contributed by atoms with Crippen molar-refractivity contribution >= 4 is 0 Å². The number of aryl methyl sites for hydroxylation is 1. The van der Waals surface area contributed by atoms with Crippen molar-refractivity contribution in [3.63, 3.8) is 0 Å². The van der Waals surface area contributed by atoms with Crippen molar-refractivity contribution in [1.82, 2.24) is 14.7 Å². The molecule has 0 spiro atoms. The van der Waals surface area contributed by atoms with Gasteiger partial charge in [-0.3, -0.25) is 4.90 Å². The fourth-order valence-corrected chi connectivity index (χ4v) is 4.85. The Bertz CT molecular complexity index is 627. The average Bonchev–Trinajstić information content (AvgIpc) is 2.58. The molecular weight excluding hydrogens is 351 g/mol. The van der Waals surface area contributed by atoms with E-state index in [0.717, 1.165) is 63.6 Å². The lowest BCUT2D eigenvalue weighted by molar-refractivity contribution is -0.137. The maximum atomic E-state index is 13.0. The Morgan fingerprint density at radius 1 is 1.19 bits per heavy atom. The highest BCUT2D eigenvalue weighted by atomic mass is 19.4. The average molecular weight is 384 g/mol. The van der Waals surface area contributed by atoms with Gasteiger partial charge in [-0.2, -0.15) is 13.2 Å². The Labute approximate surface area is 161 Å². The Morgan fingerprint density at radius 2 is 1.93 bits per heavy atom. The second-order valence-corrected chi connectivity index (χ2v) is 8.73. The predicted octanol–water partition coefficient (Wildman–Crippen LogP) is 3.60. The number of piperidine rings is 1. The summed E-state index contributed by atoms with van der Waals surface area (Å²) in [6.45, 7) is 5.45. The molecule has 6 heteroatoms. The molecule has 2 heterocycles. The third kappa shape index (κ3) is 5.04. The molecule has 0 aliphatic carbocycles. The van der Waals surface area contributed by atoms with Gasteiger partial charge in [0.2, 0.25) is 0 Å². The van der Waals surface area contributed by atoms with Gasteiger partial charge in [-0.15, -0.1) is 0 Å². The quantitative estimate of drug-likeness (QED) is 0.743. The monoisotopic (exact) mass is 383 g/mol. The Kier molecular flexibility index (Phi) is 6.18. The summed E-state index contributed by atoms with van der Waals surface area (Å²) in [6, 6.07) is 5.84. The topological polar surface area (TPSA) is 9.72 Å². The first-order valence-electron chi connectivity index (χ1n) is 9.92. The molecule has 1 atom stereocenters. The molecule has 1 aromatic rings. The summed E-state index contributed by atoms with van der Waals surface area (Å²) in [5, 5.41) is 0. The second-order valence-electron chi connectivity index (χ2n) is 8.73. The molecule has 0 amide bonds. The summed E-state index contributed by atoms with van der Waals surface area (Å²) in [5.74, 6) is 0.706. The van der Waals surface area contributed by atoms with E-state index in [1.165, 1.54) is 12.1 Å². The van der Waals surface area contributed by atoms with Crippen LogP contribution in [0.25, 0.3) is 0 Å². The van der Waals surface area contributed by atoms with Crippen LogP contribution in [0.3, 0.4) is 0 Å². The van der Waals surface area contributed by atoms with Crippen LogP contribution < -0.4 is 0 Å². The van der Waals surface area contributed by atoms with Crippen molar-refractivity contribution in [2.45, 2.75) is 37.4 Å². The van der Waals surface area contributed by atoms with Crippen LogP contribution in [0.4, 0.5) is 13.2 Å². The summed E-state index contributed by atoms with van der Waals surface area (Å²) in [5.41, 5.74) is 0.296. The van der Waals surface area contributed by atoms with Crippen LogP contribution in [0.1, 0.15) is 30.4 Å². The zero-order valence-corrected chi connectivity index (χ0v) is 16.7. The minimum atomic E-state index is -4.27. The largest absolute Gasteiger partial charge is 0.416 e. The lowest BCUT2D eigenvalue weighted by atomic mass is 9.81. The molecule has 0 aromatic heterocycles. The van der Waals surface area contributed by atoms with Crippen molar-refractivity contribution in [3.05, 3.63) is 35.4 Å². The third-order valence-corrected chi connectivity index (χ3v) is 6.36. The number of hydrogen-bond acceptors (Lipinski definition) is 3. The Hall–Kier alpha value is -1.11. The van der Waals surface area contributed by atoms with Gasteiger partial charge in [0, 0.05) is 31.7 Å². The molecule has 1 aromatic carbocycles. The lowest BCUT2D eigenvalue weighted by Gasteiger charge is -2.50. The van der Waals surface area contributed by atoms with Crippen LogP contribution >= 0.6 is 0 Å². The highest BCUT2D eigenvalue weighted by molar-refractivity contribution is 5.26. The van der Waals surface area contributed by atoms with Crippen LogP contribution in [0.15, 0.2) is 24.3 Å². The van der Waals surface area contributed by atoms with E-state index in [1.54, 1.807) is 0 Å². The zero-order valence-electron chi connectivity index (χ0n) is 16.7. The number of halogens is 3. The molecule has 0 radical (unpaired) electrons. The fraction of sp³-hybridized carbons (Fsp3) is 0.714. The number of alkyl halides is 3. The minimum Gasteiger partial charge on any atom is -0.306 e. The molecule has 0 unspecified atom stereocenters.